The molecule has 1 fully saturated rings. The lowest BCUT2D eigenvalue weighted by Gasteiger charge is -2.48. The van der Waals surface area contributed by atoms with Crippen LogP contribution in [0.4, 0.5) is 0 Å². The Kier molecular flexibility index (Phi) is 6.49. The Morgan fingerprint density at radius 1 is 0.944 bits per heavy atom. The third-order valence-corrected chi connectivity index (χ3v) is 8.72. The van der Waals surface area contributed by atoms with Crippen LogP contribution in [0.15, 0.2) is 24.3 Å². The van der Waals surface area contributed by atoms with Crippen molar-refractivity contribution >= 4 is 11.3 Å². The summed E-state index contributed by atoms with van der Waals surface area (Å²) in [5.41, 5.74) is 8.30. The first-order chi connectivity index (χ1) is 17.7. The van der Waals surface area contributed by atoms with E-state index in [2.05, 4.69) is 36.1 Å². The number of hydrogen-bond donors (Lipinski definition) is 0. The van der Waals surface area contributed by atoms with Gasteiger partial charge in [0.2, 0.25) is 6.79 Å². The van der Waals surface area contributed by atoms with Gasteiger partial charge < -0.3 is 23.8 Å². The second kappa shape index (κ2) is 9.91. The van der Waals surface area contributed by atoms with Crippen molar-refractivity contribution in [2.45, 2.75) is 77.2 Å². The summed E-state index contributed by atoms with van der Waals surface area (Å²) in [6, 6.07) is 9.20. The molecule has 1 atom stereocenters. The summed E-state index contributed by atoms with van der Waals surface area (Å²) >= 11 is 0. The minimum Gasteiger partial charge on any atom is -0.493 e. The van der Waals surface area contributed by atoms with E-state index in [1.807, 2.05) is 0 Å². The van der Waals surface area contributed by atoms with Gasteiger partial charge in [0.05, 0.1) is 20.3 Å². The van der Waals surface area contributed by atoms with Crippen molar-refractivity contribution in [3.05, 3.63) is 46.5 Å². The van der Waals surface area contributed by atoms with E-state index in [1.54, 1.807) is 14.2 Å². The molecule has 0 spiro atoms. The van der Waals surface area contributed by atoms with Crippen molar-refractivity contribution < 1.29 is 18.9 Å². The number of hydrogen-bond acceptors (Lipinski definition) is 5. The number of nitrogens with zero attached hydrogens (tertiary/aromatic N) is 1. The minimum absolute atomic E-state index is 0.306. The van der Waals surface area contributed by atoms with Gasteiger partial charge in [-0.3, -0.25) is 0 Å². The molecule has 192 valence electrons. The highest BCUT2D eigenvalue weighted by Gasteiger charge is 2.43. The maximum atomic E-state index is 6.11. The molecule has 0 radical (unpaired) electrons. The number of methoxy groups -OCH3 is 2. The van der Waals surface area contributed by atoms with Crippen LogP contribution in [0.25, 0.3) is 11.3 Å². The molecule has 1 aliphatic carbocycles. The van der Waals surface area contributed by atoms with Gasteiger partial charge in [0.25, 0.3) is 0 Å². The van der Waals surface area contributed by atoms with Gasteiger partial charge in [-0.25, -0.2) is 0 Å². The zero-order chi connectivity index (χ0) is 24.6. The Morgan fingerprint density at radius 3 is 2.50 bits per heavy atom. The van der Waals surface area contributed by atoms with E-state index < -0.39 is 0 Å². The van der Waals surface area contributed by atoms with Gasteiger partial charge in [-0.15, -0.1) is 0 Å². The second-order valence-electron chi connectivity index (χ2n) is 10.7. The fraction of sp³-hybridized carbons (Fsp3) is 0.548. The highest BCUT2D eigenvalue weighted by molar-refractivity contribution is 5.95. The van der Waals surface area contributed by atoms with Crippen LogP contribution in [0, 0.1) is 5.92 Å². The molecule has 0 amide bonds. The van der Waals surface area contributed by atoms with Crippen LogP contribution in [-0.2, 0) is 6.42 Å². The molecular formula is C31H39NO4. The van der Waals surface area contributed by atoms with Gasteiger partial charge in [0.15, 0.2) is 23.0 Å². The fourth-order valence-electron chi connectivity index (χ4n) is 7.07. The number of ether oxygens (including phenoxy) is 4. The normalized spacial score (nSPS) is 20.3. The molecule has 2 aromatic carbocycles. The number of fused-ring (bicyclic) bond motifs is 5. The smallest absolute Gasteiger partial charge is 0.231 e. The molecule has 0 bridgehead atoms. The van der Waals surface area contributed by atoms with Gasteiger partial charge in [-0.2, -0.15) is 0 Å². The summed E-state index contributed by atoms with van der Waals surface area (Å²) in [7, 11) is 3.56. The van der Waals surface area contributed by atoms with E-state index in [9.17, 15) is 0 Å². The lowest BCUT2D eigenvalue weighted by atomic mass is 9.76. The molecule has 5 heteroatoms. The topological polar surface area (TPSA) is 40.2 Å². The monoisotopic (exact) mass is 489 g/mol. The predicted molar refractivity (Wildman–Crippen MR) is 143 cm³/mol. The van der Waals surface area contributed by atoms with E-state index in [4.69, 9.17) is 18.9 Å². The molecule has 0 aromatic heterocycles. The average molecular weight is 490 g/mol. The molecule has 0 saturated heterocycles. The molecule has 5 nitrogen and oxygen atoms in total. The largest absolute Gasteiger partial charge is 0.493 e. The summed E-state index contributed by atoms with van der Waals surface area (Å²) in [4.78, 5) is 2.74. The summed E-state index contributed by atoms with van der Waals surface area (Å²) in [6.45, 7) is 3.61. The third kappa shape index (κ3) is 3.82. The molecular weight excluding hydrogens is 450 g/mol. The van der Waals surface area contributed by atoms with E-state index in [1.165, 1.54) is 84.9 Å². The maximum Gasteiger partial charge on any atom is 0.231 e. The summed E-state index contributed by atoms with van der Waals surface area (Å²) in [5, 5.41) is 0. The van der Waals surface area contributed by atoms with E-state index in [-0.39, 0.29) is 0 Å². The van der Waals surface area contributed by atoms with Crippen molar-refractivity contribution in [3.8, 4) is 23.0 Å². The lowest BCUT2D eigenvalue weighted by Crippen LogP contribution is -2.40. The van der Waals surface area contributed by atoms with E-state index in [0.29, 0.717) is 18.8 Å². The molecule has 2 aromatic rings. The Hall–Kier alpha value is -2.82. The molecule has 3 aliphatic heterocycles. The van der Waals surface area contributed by atoms with Gasteiger partial charge in [0, 0.05) is 23.4 Å². The van der Waals surface area contributed by atoms with Crippen LogP contribution < -0.4 is 18.9 Å². The quantitative estimate of drug-likeness (QED) is 0.362. The molecule has 6 rings (SSSR count). The Labute approximate surface area is 215 Å². The number of allylic oxidation sites excluding steroid dienone is 1. The average Bonchev–Trinajstić information content (AvgIpc) is 3.60. The molecule has 4 aliphatic rings. The van der Waals surface area contributed by atoms with Crippen molar-refractivity contribution in [1.29, 1.82) is 0 Å². The highest BCUT2D eigenvalue weighted by Crippen LogP contribution is 2.57. The molecule has 3 heterocycles. The van der Waals surface area contributed by atoms with Crippen molar-refractivity contribution in [1.82, 2.24) is 4.90 Å². The van der Waals surface area contributed by atoms with E-state index >= 15 is 0 Å². The first-order valence-corrected chi connectivity index (χ1v) is 13.9. The van der Waals surface area contributed by atoms with Crippen LogP contribution in [0.3, 0.4) is 0 Å². The van der Waals surface area contributed by atoms with Crippen LogP contribution in [0.1, 0.15) is 93.0 Å². The first-order valence-electron chi connectivity index (χ1n) is 13.9. The van der Waals surface area contributed by atoms with Gasteiger partial charge in [0.1, 0.15) is 0 Å². The van der Waals surface area contributed by atoms with Gasteiger partial charge in [-0.1, -0.05) is 45.1 Å². The minimum atomic E-state index is 0.306. The first kappa shape index (κ1) is 23.6. The van der Waals surface area contributed by atoms with Crippen LogP contribution in [-0.4, -0.2) is 32.5 Å². The molecule has 36 heavy (non-hydrogen) atoms. The zero-order valence-corrected chi connectivity index (χ0v) is 22.0. The molecule has 0 unspecified atom stereocenters. The SMILES string of the molecule is CCCCCCC1=C2c3cc4c(cc3CCN2[C@@H](C2CCCC2)c2c1ccc(OC)c2OC)OCO4. The second-order valence-corrected chi connectivity index (χ2v) is 10.7. The molecule has 1 saturated carbocycles. The Bertz CT molecular complexity index is 1160. The Morgan fingerprint density at radius 2 is 1.75 bits per heavy atom. The van der Waals surface area contributed by atoms with Gasteiger partial charge >= 0.3 is 0 Å². The standard InChI is InChI=1S/C31H39NO4/c1-4-5-6-7-12-23-22-13-14-25(33-2)31(34-3)28(22)29(20-10-8-9-11-20)32-16-15-21-17-26-27(36-19-35-26)18-24(21)30(23)32/h13-14,17-18,20,29H,4-12,15-16,19H2,1-3H3/t29-/m0/s1. The maximum absolute atomic E-state index is 6.11. The Balaban J connectivity index is 1.58. The van der Waals surface area contributed by atoms with Crippen molar-refractivity contribution in [3.63, 3.8) is 0 Å². The van der Waals surface area contributed by atoms with Crippen LogP contribution in [0.5, 0.6) is 23.0 Å². The summed E-state index contributed by atoms with van der Waals surface area (Å²) in [5.74, 6) is 4.16. The molecule has 0 N–H and O–H groups in total. The predicted octanol–water partition coefficient (Wildman–Crippen LogP) is 7.37. The fourth-order valence-corrected chi connectivity index (χ4v) is 7.07. The van der Waals surface area contributed by atoms with Crippen molar-refractivity contribution in [2.24, 2.45) is 5.92 Å². The lowest BCUT2D eigenvalue weighted by molar-refractivity contribution is 0.174. The number of benzene rings is 2. The van der Waals surface area contributed by atoms with Gasteiger partial charge in [-0.05, 0) is 72.9 Å². The highest BCUT2D eigenvalue weighted by atomic mass is 16.7. The zero-order valence-electron chi connectivity index (χ0n) is 22.0. The van der Waals surface area contributed by atoms with Crippen molar-refractivity contribution in [2.75, 3.05) is 27.6 Å². The van der Waals surface area contributed by atoms with E-state index in [0.717, 1.165) is 42.4 Å². The van der Waals surface area contributed by atoms with Crippen LogP contribution in [0.2, 0.25) is 0 Å². The summed E-state index contributed by atoms with van der Waals surface area (Å²) < 4.78 is 23.5. The van der Waals surface area contributed by atoms with Crippen LogP contribution >= 0.6 is 0 Å². The third-order valence-electron chi connectivity index (χ3n) is 8.72. The number of rotatable bonds is 8. The number of unbranched alkanes of at least 4 members (excludes halogenated alkanes) is 3. The summed E-state index contributed by atoms with van der Waals surface area (Å²) in [6.07, 6.45) is 12.2.